The van der Waals surface area contributed by atoms with E-state index in [0.29, 0.717) is 12.8 Å². The zero-order valence-electron chi connectivity index (χ0n) is 31.1. The van der Waals surface area contributed by atoms with E-state index in [4.69, 9.17) is 9.84 Å². The summed E-state index contributed by atoms with van der Waals surface area (Å²) in [5.41, 5.74) is 0. The van der Waals surface area contributed by atoms with Crippen molar-refractivity contribution >= 4 is 17.8 Å². The molecule has 0 spiro atoms. The van der Waals surface area contributed by atoms with Crippen molar-refractivity contribution in [3.63, 3.8) is 0 Å². The number of carboxylic acid groups (broad SMARTS) is 1. The number of aliphatic carboxylic acids is 1. The fourth-order valence-electron chi connectivity index (χ4n) is 6.16. The highest BCUT2D eigenvalue weighted by Gasteiger charge is 2.14. The highest BCUT2D eigenvalue weighted by molar-refractivity contribution is 5.80. The Bertz CT molecular complexity index is 737. The maximum atomic E-state index is 12.7. The zero-order chi connectivity index (χ0) is 34.5. The highest BCUT2D eigenvalue weighted by Crippen LogP contribution is 2.19. The van der Waals surface area contributed by atoms with Crippen molar-refractivity contribution in [2.75, 3.05) is 6.54 Å². The number of hydrogen-bond donors (Lipinski definition) is 2. The van der Waals surface area contributed by atoms with Gasteiger partial charge in [-0.15, -0.1) is 0 Å². The third kappa shape index (κ3) is 36.8. The van der Waals surface area contributed by atoms with Gasteiger partial charge in [0.25, 0.3) is 0 Å². The zero-order valence-corrected chi connectivity index (χ0v) is 31.1. The van der Waals surface area contributed by atoms with E-state index in [1.165, 1.54) is 128 Å². The number of unbranched alkanes of at least 4 members (excludes halogenated alkanes) is 24. The fraction of sp³-hybridized carbons (Fsp3) is 0.878. The monoisotopic (exact) mass is 664 g/mol. The first-order valence-electron chi connectivity index (χ1n) is 20.3. The number of carbonyl (C=O) groups excluding carboxylic acids is 2. The van der Waals surface area contributed by atoms with Gasteiger partial charge in [0.15, 0.2) is 0 Å². The van der Waals surface area contributed by atoms with Crippen LogP contribution in [-0.2, 0) is 19.1 Å². The van der Waals surface area contributed by atoms with Gasteiger partial charge in [-0.05, 0) is 64.2 Å². The summed E-state index contributed by atoms with van der Waals surface area (Å²) in [4.78, 5) is 34.9. The summed E-state index contributed by atoms with van der Waals surface area (Å²) in [5, 5.41) is 11.1. The van der Waals surface area contributed by atoms with Crippen LogP contribution in [0.3, 0.4) is 0 Å². The lowest BCUT2D eigenvalue weighted by Gasteiger charge is -2.18. The molecule has 0 aromatic carbocycles. The number of esters is 1. The fourth-order valence-corrected chi connectivity index (χ4v) is 6.16. The first-order chi connectivity index (χ1) is 23.0. The number of nitrogens with one attached hydrogen (secondary N) is 1. The molecular weight excluding hydrogens is 586 g/mol. The van der Waals surface area contributed by atoms with Gasteiger partial charge in [0.2, 0.25) is 5.91 Å². The Morgan fingerprint density at radius 3 is 1.36 bits per heavy atom. The molecule has 2 N–H and O–H groups in total. The van der Waals surface area contributed by atoms with E-state index in [9.17, 15) is 14.4 Å². The van der Waals surface area contributed by atoms with E-state index in [1.807, 2.05) is 0 Å². The third-order valence-electron chi connectivity index (χ3n) is 9.19. The number of carbonyl (C=O) groups is 3. The molecule has 0 rings (SSSR count). The molecule has 0 bridgehead atoms. The first kappa shape index (κ1) is 45.2. The summed E-state index contributed by atoms with van der Waals surface area (Å²) < 4.78 is 6.01. The molecule has 0 radical (unpaired) electrons. The van der Waals surface area contributed by atoms with Crippen LogP contribution in [0, 0.1) is 0 Å². The van der Waals surface area contributed by atoms with Crippen molar-refractivity contribution in [2.45, 2.75) is 225 Å². The lowest BCUT2D eigenvalue weighted by atomic mass is 10.0. The molecule has 1 atom stereocenters. The molecule has 6 heteroatoms. The van der Waals surface area contributed by atoms with Crippen LogP contribution in [0.15, 0.2) is 12.2 Å². The number of hydrogen-bond acceptors (Lipinski definition) is 4. The normalized spacial score (nSPS) is 12.0. The predicted molar refractivity (Wildman–Crippen MR) is 199 cm³/mol. The summed E-state index contributed by atoms with van der Waals surface area (Å²) >= 11 is 0. The Balaban J connectivity index is 4.13. The quantitative estimate of drug-likeness (QED) is 0.0392. The van der Waals surface area contributed by atoms with Crippen molar-refractivity contribution in [2.24, 2.45) is 0 Å². The first-order valence-corrected chi connectivity index (χ1v) is 20.3. The molecule has 276 valence electrons. The summed E-state index contributed by atoms with van der Waals surface area (Å²) in [5.74, 6) is -1.23. The maximum absolute atomic E-state index is 12.7. The van der Waals surface area contributed by atoms with Crippen molar-refractivity contribution < 1.29 is 24.2 Å². The molecule has 0 fully saturated rings. The minimum absolute atomic E-state index is 0.0212. The second kappa shape index (κ2) is 37.0. The van der Waals surface area contributed by atoms with Gasteiger partial charge in [-0.2, -0.15) is 0 Å². The van der Waals surface area contributed by atoms with Crippen LogP contribution in [0.2, 0.25) is 0 Å². The molecule has 0 aliphatic heterocycles. The second-order valence-electron chi connectivity index (χ2n) is 13.9. The molecule has 0 aliphatic rings. The van der Waals surface area contributed by atoms with Crippen LogP contribution in [0.25, 0.3) is 0 Å². The van der Waals surface area contributed by atoms with E-state index in [0.717, 1.165) is 64.2 Å². The number of allylic oxidation sites excluding steroid dienone is 2. The molecule has 1 amide bonds. The Hall–Kier alpha value is -1.85. The van der Waals surface area contributed by atoms with Gasteiger partial charge in [0.1, 0.15) is 12.6 Å². The average Bonchev–Trinajstić information content (AvgIpc) is 3.05. The van der Waals surface area contributed by atoms with Gasteiger partial charge >= 0.3 is 11.9 Å². The maximum Gasteiger partial charge on any atom is 0.322 e. The Morgan fingerprint density at radius 1 is 0.532 bits per heavy atom. The molecule has 0 aliphatic carbocycles. The summed E-state index contributed by atoms with van der Waals surface area (Å²) in [6, 6.07) is 0. The van der Waals surface area contributed by atoms with Crippen LogP contribution in [-0.4, -0.2) is 35.6 Å². The number of rotatable bonds is 37. The predicted octanol–water partition coefficient (Wildman–Crippen LogP) is 12.2. The molecule has 0 heterocycles. The van der Waals surface area contributed by atoms with Gasteiger partial charge in [0.05, 0.1) is 0 Å². The van der Waals surface area contributed by atoms with E-state index in [2.05, 4.69) is 31.3 Å². The lowest BCUT2D eigenvalue weighted by molar-refractivity contribution is -0.150. The summed E-state index contributed by atoms with van der Waals surface area (Å²) in [6.45, 7) is 4.22. The molecule has 0 aromatic heterocycles. The van der Waals surface area contributed by atoms with Gasteiger partial charge in [0, 0.05) is 12.8 Å². The lowest BCUT2D eigenvalue weighted by Crippen LogP contribution is -2.28. The summed E-state index contributed by atoms with van der Waals surface area (Å²) in [7, 11) is 0. The molecule has 0 saturated carbocycles. The van der Waals surface area contributed by atoms with Crippen LogP contribution in [0.5, 0.6) is 0 Å². The largest absolute Gasteiger partial charge is 0.480 e. The minimum Gasteiger partial charge on any atom is -0.480 e. The van der Waals surface area contributed by atoms with Crippen LogP contribution in [0.4, 0.5) is 0 Å². The molecule has 0 saturated heterocycles. The Labute approximate surface area is 291 Å². The SMILES string of the molecule is CCCCCCCC/C=C\CCCCCCCC(=O)OC(CCCCCCCCCCCC)CCCCCCCC(=O)NCC(=O)O. The van der Waals surface area contributed by atoms with Crippen molar-refractivity contribution in [3.05, 3.63) is 12.2 Å². The van der Waals surface area contributed by atoms with Crippen LogP contribution in [0.1, 0.15) is 219 Å². The van der Waals surface area contributed by atoms with E-state index < -0.39 is 5.97 Å². The van der Waals surface area contributed by atoms with Crippen LogP contribution < -0.4 is 5.32 Å². The Morgan fingerprint density at radius 2 is 0.915 bits per heavy atom. The van der Waals surface area contributed by atoms with Gasteiger partial charge < -0.3 is 15.2 Å². The minimum atomic E-state index is -1.01. The number of carboxylic acids is 1. The summed E-state index contributed by atoms with van der Waals surface area (Å²) in [6.07, 6.45) is 41.8. The second-order valence-corrected chi connectivity index (χ2v) is 13.9. The van der Waals surface area contributed by atoms with Gasteiger partial charge in [-0.3, -0.25) is 14.4 Å². The van der Waals surface area contributed by atoms with E-state index >= 15 is 0 Å². The number of amides is 1. The topological polar surface area (TPSA) is 92.7 Å². The molecule has 47 heavy (non-hydrogen) atoms. The van der Waals surface area contributed by atoms with Crippen LogP contribution >= 0.6 is 0 Å². The number of ether oxygens (including phenoxy) is 1. The highest BCUT2D eigenvalue weighted by atomic mass is 16.5. The van der Waals surface area contributed by atoms with Gasteiger partial charge in [-0.25, -0.2) is 0 Å². The standard InChI is InChI=1S/C41H77NO5/c1-3-5-7-9-11-13-15-16-17-18-19-21-23-28-32-36-41(46)47-38(33-29-25-22-20-14-12-10-8-6-4-2)34-30-26-24-27-31-35-39(43)42-37-40(44)45/h16-17,38H,3-15,18-37H2,1-2H3,(H,42,43)(H,44,45)/b17-16-. The smallest absolute Gasteiger partial charge is 0.322 e. The Kier molecular flexibility index (Phi) is 35.5. The van der Waals surface area contributed by atoms with Crippen molar-refractivity contribution in [1.29, 1.82) is 0 Å². The molecule has 1 unspecified atom stereocenters. The molecular formula is C41H77NO5. The third-order valence-corrected chi connectivity index (χ3v) is 9.19. The molecule has 6 nitrogen and oxygen atoms in total. The van der Waals surface area contributed by atoms with Crippen molar-refractivity contribution in [3.8, 4) is 0 Å². The van der Waals surface area contributed by atoms with Crippen molar-refractivity contribution in [1.82, 2.24) is 5.32 Å². The van der Waals surface area contributed by atoms with Gasteiger partial charge in [-0.1, -0.05) is 154 Å². The van der Waals surface area contributed by atoms with E-state index in [1.54, 1.807) is 0 Å². The average molecular weight is 664 g/mol. The van der Waals surface area contributed by atoms with E-state index in [-0.39, 0.29) is 24.5 Å². The molecule has 0 aromatic rings.